The first-order valence-electron chi connectivity index (χ1n) is 9.51. The van der Waals surface area contributed by atoms with Gasteiger partial charge >= 0.3 is 0 Å². The standard InChI is InChI=1S/C21H24N4O3S/c22-18-13-21(24-19-5-2-1-4-17(18)19)25-8-11-29(23,27)20-12-16(28-10-3-9-26)7-6-15(20)14-25/h1-2,4-7,12-13,23,26H,3,8-11,14H2,(H2,22,24). The highest BCUT2D eigenvalue weighted by molar-refractivity contribution is 7.92. The molecule has 7 nitrogen and oxygen atoms in total. The lowest BCUT2D eigenvalue weighted by molar-refractivity contribution is 0.233. The van der Waals surface area contributed by atoms with Gasteiger partial charge in [0.1, 0.15) is 11.6 Å². The van der Waals surface area contributed by atoms with E-state index in [9.17, 15) is 4.21 Å². The predicted molar refractivity (Wildman–Crippen MR) is 115 cm³/mol. The molecule has 1 aromatic heterocycles. The van der Waals surface area contributed by atoms with Crippen molar-refractivity contribution in [2.24, 2.45) is 0 Å². The summed E-state index contributed by atoms with van der Waals surface area (Å²) in [5.41, 5.74) is 8.52. The summed E-state index contributed by atoms with van der Waals surface area (Å²) in [5.74, 6) is 1.49. The van der Waals surface area contributed by atoms with Gasteiger partial charge in [-0.2, -0.15) is 0 Å². The van der Waals surface area contributed by atoms with Crippen molar-refractivity contribution in [3.8, 4) is 5.75 Å². The van der Waals surface area contributed by atoms with Crippen LogP contribution in [0.3, 0.4) is 0 Å². The van der Waals surface area contributed by atoms with Crippen LogP contribution in [0.15, 0.2) is 53.4 Å². The second-order valence-electron chi connectivity index (χ2n) is 7.08. The van der Waals surface area contributed by atoms with E-state index in [1.54, 1.807) is 6.07 Å². The lowest BCUT2D eigenvalue weighted by Gasteiger charge is -2.22. The van der Waals surface area contributed by atoms with E-state index >= 15 is 0 Å². The summed E-state index contributed by atoms with van der Waals surface area (Å²) in [6.07, 6.45) is 0.524. The van der Waals surface area contributed by atoms with E-state index in [-0.39, 0.29) is 12.4 Å². The minimum absolute atomic E-state index is 0.0526. The summed E-state index contributed by atoms with van der Waals surface area (Å²) < 4.78 is 27.1. The Morgan fingerprint density at radius 3 is 2.90 bits per heavy atom. The van der Waals surface area contributed by atoms with Crippen LogP contribution in [0.4, 0.5) is 11.5 Å². The van der Waals surface area contributed by atoms with Crippen molar-refractivity contribution < 1.29 is 14.1 Å². The highest BCUT2D eigenvalue weighted by atomic mass is 32.2. The van der Waals surface area contributed by atoms with Crippen LogP contribution in [0.25, 0.3) is 10.9 Å². The smallest absolute Gasteiger partial charge is 0.131 e. The van der Waals surface area contributed by atoms with Crippen LogP contribution in [0.5, 0.6) is 5.75 Å². The molecule has 0 fully saturated rings. The fourth-order valence-electron chi connectivity index (χ4n) is 3.50. The van der Waals surface area contributed by atoms with E-state index in [2.05, 4.69) is 0 Å². The van der Waals surface area contributed by atoms with E-state index in [4.69, 9.17) is 25.3 Å². The van der Waals surface area contributed by atoms with Crippen molar-refractivity contribution >= 4 is 32.1 Å². The number of pyridine rings is 1. The first-order chi connectivity index (χ1) is 14.0. The van der Waals surface area contributed by atoms with Crippen molar-refractivity contribution in [2.75, 3.05) is 36.1 Å². The summed E-state index contributed by atoms with van der Waals surface area (Å²) in [7, 11) is -2.96. The van der Waals surface area contributed by atoms with Crippen molar-refractivity contribution in [2.45, 2.75) is 17.9 Å². The predicted octanol–water partition coefficient (Wildman–Crippen LogP) is 3.00. The molecule has 2 aromatic carbocycles. The second kappa shape index (κ2) is 7.88. The number of ether oxygens (including phenoxy) is 1. The molecule has 4 N–H and O–H groups in total. The number of nitrogens with two attached hydrogens (primary N) is 1. The highest BCUT2D eigenvalue weighted by Crippen LogP contribution is 2.31. The second-order valence-corrected chi connectivity index (χ2v) is 9.28. The summed E-state index contributed by atoms with van der Waals surface area (Å²) in [5, 5.41) is 9.81. The zero-order chi connectivity index (χ0) is 20.4. The van der Waals surface area contributed by atoms with Gasteiger partial charge in [-0.15, -0.1) is 0 Å². The molecule has 0 saturated heterocycles. The Bertz CT molecular complexity index is 1150. The van der Waals surface area contributed by atoms with E-state index in [0.717, 1.165) is 16.5 Å². The number of nitrogens with zero attached hydrogens (tertiary/aromatic N) is 2. The number of para-hydroxylation sites is 1. The maximum Gasteiger partial charge on any atom is 0.131 e. The van der Waals surface area contributed by atoms with Crippen molar-refractivity contribution in [3.05, 3.63) is 54.1 Å². The number of hydrogen-bond acceptors (Lipinski definition) is 7. The Balaban J connectivity index is 1.68. The number of aromatic nitrogens is 1. The molecule has 1 aliphatic rings. The molecule has 1 atom stereocenters. The number of hydrogen-bond donors (Lipinski definition) is 3. The maximum atomic E-state index is 13.1. The van der Waals surface area contributed by atoms with Gasteiger partial charge in [0.05, 0.1) is 32.5 Å². The monoisotopic (exact) mass is 412 g/mol. The van der Waals surface area contributed by atoms with Crippen LogP contribution in [0, 0.1) is 4.78 Å². The van der Waals surface area contributed by atoms with Crippen LogP contribution >= 0.6 is 0 Å². The van der Waals surface area contributed by atoms with Gasteiger partial charge in [0.15, 0.2) is 0 Å². The number of anilines is 2. The van der Waals surface area contributed by atoms with E-state index in [1.807, 2.05) is 47.4 Å². The number of fused-ring (bicyclic) bond motifs is 2. The maximum absolute atomic E-state index is 13.1. The van der Waals surface area contributed by atoms with Crippen molar-refractivity contribution in [3.63, 3.8) is 0 Å². The lowest BCUT2D eigenvalue weighted by Crippen LogP contribution is -2.26. The number of nitrogens with one attached hydrogen (secondary N) is 1. The van der Waals surface area contributed by atoms with Crippen LogP contribution in [-0.4, -0.2) is 39.8 Å². The fourth-order valence-corrected chi connectivity index (χ4v) is 5.06. The summed E-state index contributed by atoms with van der Waals surface area (Å²) >= 11 is 0. The molecule has 152 valence electrons. The molecule has 0 aliphatic carbocycles. The average molecular weight is 413 g/mol. The largest absolute Gasteiger partial charge is 0.493 e. The normalized spacial score (nSPS) is 19.0. The summed E-state index contributed by atoms with van der Waals surface area (Å²) in [4.78, 5) is 7.27. The average Bonchev–Trinajstić information content (AvgIpc) is 2.84. The van der Waals surface area contributed by atoms with Crippen LogP contribution in [-0.2, 0) is 16.3 Å². The molecule has 8 heteroatoms. The van der Waals surface area contributed by atoms with Crippen LogP contribution in [0.2, 0.25) is 0 Å². The molecule has 1 unspecified atom stereocenters. The van der Waals surface area contributed by atoms with Crippen molar-refractivity contribution in [1.82, 2.24) is 4.98 Å². The minimum Gasteiger partial charge on any atom is -0.493 e. The molecule has 0 amide bonds. The number of aliphatic hydroxyl groups excluding tert-OH is 1. The molecule has 4 rings (SSSR count). The number of rotatable bonds is 5. The Morgan fingerprint density at radius 1 is 1.24 bits per heavy atom. The molecule has 1 aliphatic heterocycles. The van der Waals surface area contributed by atoms with Gasteiger partial charge in [-0.05, 0) is 23.8 Å². The summed E-state index contributed by atoms with van der Waals surface area (Å²) in [6.45, 7) is 1.37. The third-order valence-corrected chi connectivity index (χ3v) is 6.88. The van der Waals surface area contributed by atoms with Crippen LogP contribution in [0.1, 0.15) is 12.0 Å². The molecular weight excluding hydrogens is 388 g/mol. The Morgan fingerprint density at radius 2 is 2.07 bits per heavy atom. The zero-order valence-corrected chi connectivity index (χ0v) is 16.8. The minimum atomic E-state index is -2.96. The van der Waals surface area contributed by atoms with Gasteiger partial charge in [-0.25, -0.2) is 14.0 Å². The van der Waals surface area contributed by atoms with Gasteiger partial charge < -0.3 is 20.5 Å². The van der Waals surface area contributed by atoms with Gasteiger partial charge in [0, 0.05) is 43.3 Å². The molecule has 0 radical (unpaired) electrons. The van der Waals surface area contributed by atoms with Gasteiger partial charge in [-0.1, -0.05) is 24.3 Å². The molecular formula is C21H24N4O3S. The van der Waals surface area contributed by atoms with E-state index in [1.165, 1.54) is 0 Å². The molecule has 29 heavy (non-hydrogen) atoms. The third kappa shape index (κ3) is 3.99. The van der Waals surface area contributed by atoms with Gasteiger partial charge in [0.25, 0.3) is 0 Å². The van der Waals surface area contributed by atoms with Gasteiger partial charge in [0.2, 0.25) is 0 Å². The van der Waals surface area contributed by atoms with E-state index in [0.29, 0.717) is 48.3 Å². The Labute approximate surface area is 170 Å². The third-order valence-electron chi connectivity index (χ3n) is 5.03. The van der Waals surface area contributed by atoms with Crippen LogP contribution < -0.4 is 15.4 Å². The fraction of sp³-hybridized carbons (Fsp3) is 0.286. The Hall–Kier alpha value is -2.84. The SMILES string of the molecule is N=S1(=O)CCN(c2cc(N)c3ccccc3n2)Cc2ccc(OCCCO)cc21. The van der Waals surface area contributed by atoms with E-state index < -0.39 is 9.73 Å². The number of nitrogen functional groups attached to an aromatic ring is 1. The zero-order valence-electron chi connectivity index (χ0n) is 16.0. The summed E-state index contributed by atoms with van der Waals surface area (Å²) in [6, 6.07) is 14.9. The van der Waals surface area contributed by atoms with Gasteiger partial charge in [-0.3, -0.25) is 0 Å². The highest BCUT2D eigenvalue weighted by Gasteiger charge is 2.24. The lowest BCUT2D eigenvalue weighted by atomic mass is 10.1. The molecule has 0 bridgehead atoms. The first-order valence-corrected chi connectivity index (χ1v) is 11.2. The Kier molecular flexibility index (Phi) is 5.29. The molecule has 0 saturated carbocycles. The first kappa shape index (κ1) is 19.5. The van der Waals surface area contributed by atoms with Crippen molar-refractivity contribution in [1.29, 1.82) is 4.78 Å². The molecule has 0 spiro atoms. The molecule has 3 aromatic rings. The molecule has 2 heterocycles. The number of aliphatic hydroxyl groups is 1. The quantitative estimate of drug-likeness (QED) is 0.555. The topological polar surface area (TPSA) is 113 Å². The number of benzene rings is 2.